The van der Waals surface area contributed by atoms with Crippen molar-refractivity contribution in [3.8, 4) is 6.07 Å². The second kappa shape index (κ2) is 8.31. The molecule has 0 aliphatic carbocycles. The van der Waals surface area contributed by atoms with Crippen molar-refractivity contribution in [3.63, 3.8) is 0 Å². The van der Waals surface area contributed by atoms with E-state index in [2.05, 4.69) is 17.0 Å². The van der Waals surface area contributed by atoms with E-state index in [-0.39, 0.29) is 18.4 Å². The van der Waals surface area contributed by atoms with Crippen molar-refractivity contribution in [1.29, 1.82) is 5.26 Å². The van der Waals surface area contributed by atoms with E-state index >= 15 is 0 Å². The van der Waals surface area contributed by atoms with Crippen LogP contribution < -0.4 is 4.90 Å². The first-order valence-corrected chi connectivity index (χ1v) is 8.92. The lowest BCUT2D eigenvalue weighted by Gasteiger charge is -2.14. The maximum atomic E-state index is 12.2. The molecule has 0 spiro atoms. The van der Waals surface area contributed by atoms with Crippen molar-refractivity contribution in [3.05, 3.63) is 47.5 Å². The average molecular weight is 366 g/mol. The van der Waals surface area contributed by atoms with Gasteiger partial charge in [-0.1, -0.05) is 18.2 Å². The number of carbonyl (C=O) groups is 1. The Morgan fingerprint density at radius 1 is 1.15 bits per heavy atom. The highest BCUT2D eigenvalue weighted by molar-refractivity contribution is 6.03. The molecule has 3 N–H and O–H groups in total. The number of nitriles is 1. The van der Waals surface area contributed by atoms with E-state index in [4.69, 9.17) is 5.11 Å². The number of carbonyl (C=O) groups excluding carboxylic acids is 1. The summed E-state index contributed by atoms with van der Waals surface area (Å²) in [5.74, 6) is -0.404. The molecule has 2 unspecified atom stereocenters. The molecule has 0 saturated carbocycles. The highest BCUT2D eigenvalue weighted by Gasteiger charge is 2.19. The summed E-state index contributed by atoms with van der Waals surface area (Å²) in [6.45, 7) is 1.60. The minimum Gasteiger partial charge on any atom is -0.394 e. The van der Waals surface area contributed by atoms with Gasteiger partial charge in [0.05, 0.1) is 18.3 Å². The highest BCUT2D eigenvalue weighted by Crippen LogP contribution is 2.27. The van der Waals surface area contributed by atoms with Crippen molar-refractivity contribution in [2.75, 3.05) is 24.6 Å². The van der Waals surface area contributed by atoms with E-state index < -0.39 is 24.6 Å². The Kier molecular flexibility index (Phi) is 5.87. The number of fused-ring (bicyclic) bond motifs is 1. The Morgan fingerprint density at radius 2 is 1.85 bits per heavy atom. The molecule has 0 aromatic heterocycles. The van der Waals surface area contributed by atoms with Crippen LogP contribution in [0.3, 0.4) is 0 Å². The number of nitrogens with zero attached hydrogens (tertiary/aromatic N) is 2. The van der Waals surface area contributed by atoms with Crippen molar-refractivity contribution in [2.45, 2.75) is 25.0 Å². The first kappa shape index (κ1) is 19.1. The number of Topliss-reactive ketones (excluding diaryl/α,β-unsaturated/α-hetero) is 1. The summed E-state index contributed by atoms with van der Waals surface area (Å²) >= 11 is 0. The van der Waals surface area contributed by atoms with E-state index in [9.17, 15) is 20.3 Å². The SMILES string of the molecule is N#C/C(=C\c1ccc2cc(N3CC3)ccc2c1)C(=O)CCC(O)C(O)CO. The Balaban J connectivity index is 1.73. The molecule has 0 bridgehead atoms. The molecule has 1 aliphatic heterocycles. The Labute approximate surface area is 157 Å². The van der Waals surface area contributed by atoms with Crippen molar-refractivity contribution in [1.82, 2.24) is 0 Å². The van der Waals surface area contributed by atoms with Crippen LogP contribution in [0, 0.1) is 11.3 Å². The number of anilines is 1. The van der Waals surface area contributed by atoms with E-state index in [1.54, 1.807) is 0 Å². The van der Waals surface area contributed by atoms with Crippen molar-refractivity contribution in [2.24, 2.45) is 0 Å². The molecule has 6 nitrogen and oxygen atoms in total. The fraction of sp³-hybridized carbons (Fsp3) is 0.333. The van der Waals surface area contributed by atoms with Crippen LogP contribution in [-0.2, 0) is 4.79 Å². The zero-order valence-corrected chi connectivity index (χ0v) is 14.9. The first-order valence-electron chi connectivity index (χ1n) is 8.92. The molecular formula is C21H22N2O4. The van der Waals surface area contributed by atoms with Gasteiger partial charge in [0.25, 0.3) is 0 Å². The molecule has 0 radical (unpaired) electrons. The normalized spacial score (nSPS) is 16.1. The summed E-state index contributed by atoms with van der Waals surface area (Å²) in [6, 6.07) is 13.9. The Hall–Kier alpha value is -2.72. The summed E-state index contributed by atoms with van der Waals surface area (Å²) in [4.78, 5) is 14.5. The summed E-state index contributed by atoms with van der Waals surface area (Å²) in [6.07, 6.45) is -1.05. The fourth-order valence-electron chi connectivity index (χ4n) is 2.92. The lowest BCUT2D eigenvalue weighted by molar-refractivity contribution is -0.116. The average Bonchev–Trinajstić information content (AvgIpc) is 3.54. The largest absolute Gasteiger partial charge is 0.394 e. The number of aliphatic hydroxyl groups excluding tert-OH is 3. The number of hydrogen-bond acceptors (Lipinski definition) is 6. The van der Waals surface area contributed by atoms with Crippen molar-refractivity contribution >= 4 is 28.3 Å². The third-order valence-electron chi connectivity index (χ3n) is 4.69. The number of benzene rings is 2. The minimum absolute atomic E-state index is 0.000694. The predicted molar refractivity (Wildman–Crippen MR) is 103 cm³/mol. The van der Waals surface area contributed by atoms with Gasteiger partial charge >= 0.3 is 0 Å². The summed E-state index contributed by atoms with van der Waals surface area (Å²) < 4.78 is 0. The first-order chi connectivity index (χ1) is 13.0. The molecule has 1 heterocycles. The zero-order chi connectivity index (χ0) is 19.4. The van der Waals surface area contributed by atoms with Crippen LogP contribution >= 0.6 is 0 Å². The molecular weight excluding hydrogens is 344 g/mol. The van der Waals surface area contributed by atoms with Crippen LogP contribution in [0.1, 0.15) is 18.4 Å². The molecule has 3 rings (SSSR count). The molecule has 1 aliphatic rings. The monoisotopic (exact) mass is 366 g/mol. The third kappa shape index (κ3) is 4.72. The lowest BCUT2D eigenvalue weighted by atomic mass is 10.00. The van der Waals surface area contributed by atoms with Crippen LogP contribution in [-0.4, -0.2) is 53.0 Å². The number of aliphatic hydroxyl groups is 3. The Bertz CT molecular complexity index is 912. The van der Waals surface area contributed by atoms with E-state index in [0.29, 0.717) is 0 Å². The van der Waals surface area contributed by atoms with Gasteiger partial charge in [0.2, 0.25) is 0 Å². The zero-order valence-electron chi connectivity index (χ0n) is 14.9. The molecule has 1 saturated heterocycles. The topological polar surface area (TPSA) is 105 Å². The second-order valence-electron chi connectivity index (χ2n) is 6.73. The number of hydrogen-bond donors (Lipinski definition) is 3. The minimum atomic E-state index is -1.29. The Morgan fingerprint density at radius 3 is 2.52 bits per heavy atom. The number of ketones is 1. The molecule has 0 amide bonds. The molecule has 140 valence electrons. The molecule has 2 aromatic carbocycles. The summed E-state index contributed by atoms with van der Waals surface area (Å²) in [5.41, 5.74) is 1.95. The van der Waals surface area contributed by atoms with Gasteiger partial charge in [0.15, 0.2) is 5.78 Å². The smallest absolute Gasteiger partial charge is 0.173 e. The van der Waals surface area contributed by atoms with Crippen LogP contribution in [0.5, 0.6) is 0 Å². The van der Waals surface area contributed by atoms with Crippen LogP contribution in [0.25, 0.3) is 16.8 Å². The van der Waals surface area contributed by atoms with E-state index in [0.717, 1.165) is 29.4 Å². The summed E-state index contributed by atoms with van der Waals surface area (Å²) in [5, 5.41) is 39.2. The van der Waals surface area contributed by atoms with Gasteiger partial charge in [0, 0.05) is 25.2 Å². The van der Waals surface area contributed by atoms with Gasteiger partial charge in [-0.05, 0) is 47.0 Å². The highest BCUT2D eigenvalue weighted by atomic mass is 16.4. The van der Waals surface area contributed by atoms with Crippen LogP contribution in [0.4, 0.5) is 5.69 Å². The van der Waals surface area contributed by atoms with Gasteiger partial charge in [-0.3, -0.25) is 4.79 Å². The fourth-order valence-corrected chi connectivity index (χ4v) is 2.92. The lowest BCUT2D eigenvalue weighted by Crippen LogP contribution is -2.29. The second-order valence-corrected chi connectivity index (χ2v) is 6.73. The maximum absolute atomic E-state index is 12.2. The number of rotatable bonds is 8. The molecule has 2 atom stereocenters. The van der Waals surface area contributed by atoms with Gasteiger partial charge in [-0.2, -0.15) is 5.26 Å². The molecule has 6 heteroatoms. The van der Waals surface area contributed by atoms with Gasteiger partial charge in [0.1, 0.15) is 12.2 Å². The molecule has 1 fully saturated rings. The van der Waals surface area contributed by atoms with E-state index in [1.165, 1.54) is 11.8 Å². The standard InChI is InChI=1S/C21H22N2O4/c22-12-17(19(25)5-6-20(26)21(27)13-24)10-14-1-2-16-11-18(23-7-8-23)4-3-15(16)9-14/h1-4,9-11,20-21,24,26-27H,5-8,13H2/b17-10+. The predicted octanol–water partition coefficient (Wildman–Crippen LogP) is 1.63. The molecule has 27 heavy (non-hydrogen) atoms. The van der Waals surface area contributed by atoms with Crippen LogP contribution in [0.2, 0.25) is 0 Å². The molecule has 2 aromatic rings. The van der Waals surface area contributed by atoms with Gasteiger partial charge < -0.3 is 20.2 Å². The third-order valence-corrected chi connectivity index (χ3v) is 4.69. The summed E-state index contributed by atoms with van der Waals surface area (Å²) in [7, 11) is 0. The van der Waals surface area contributed by atoms with Crippen LogP contribution in [0.15, 0.2) is 42.0 Å². The van der Waals surface area contributed by atoms with E-state index in [1.807, 2.05) is 30.3 Å². The van der Waals surface area contributed by atoms with Crippen molar-refractivity contribution < 1.29 is 20.1 Å². The van der Waals surface area contributed by atoms with Gasteiger partial charge in [-0.25, -0.2) is 0 Å². The van der Waals surface area contributed by atoms with Gasteiger partial charge in [-0.15, -0.1) is 0 Å². The quantitative estimate of drug-likeness (QED) is 0.373. The maximum Gasteiger partial charge on any atom is 0.173 e. The number of allylic oxidation sites excluding steroid dienone is 1.